The SMILES string of the molecule is CCOCc1nc(Cl)cc(NCC(C)N2CCCCC2)n1. The first-order chi connectivity index (χ1) is 10.2. The van der Waals surface area contributed by atoms with Crippen molar-refractivity contribution in [1.82, 2.24) is 14.9 Å². The lowest BCUT2D eigenvalue weighted by Crippen LogP contribution is -2.41. The minimum atomic E-state index is 0.396. The van der Waals surface area contributed by atoms with Gasteiger partial charge in [-0.25, -0.2) is 9.97 Å². The minimum Gasteiger partial charge on any atom is -0.374 e. The number of nitrogens with zero attached hydrogens (tertiary/aromatic N) is 3. The van der Waals surface area contributed by atoms with Crippen LogP contribution in [0.2, 0.25) is 5.15 Å². The molecule has 0 bridgehead atoms. The molecular formula is C15H25ClN4O. The van der Waals surface area contributed by atoms with Gasteiger partial charge in [0.05, 0.1) is 0 Å². The van der Waals surface area contributed by atoms with Crippen molar-refractivity contribution >= 4 is 17.4 Å². The van der Waals surface area contributed by atoms with Crippen molar-refractivity contribution in [2.75, 3.05) is 31.6 Å². The molecular weight excluding hydrogens is 288 g/mol. The van der Waals surface area contributed by atoms with Crippen molar-refractivity contribution in [2.45, 2.75) is 45.8 Å². The number of piperidine rings is 1. The largest absolute Gasteiger partial charge is 0.374 e. The molecule has 21 heavy (non-hydrogen) atoms. The first-order valence-electron chi connectivity index (χ1n) is 7.78. The van der Waals surface area contributed by atoms with Gasteiger partial charge in [0.15, 0.2) is 5.82 Å². The second-order valence-electron chi connectivity index (χ2n) is 5.46. The molecule has 2 rings (SSSR count). The molecule has 0 radical (unpaired) electrons. The summed E-state index contributed by atoms with van der Waals surface area (Å²) in [5.41, 5.74) is 0. The van der Waals surface area contributed by atoms with Gasteiger partial charge in [0, 0.05) is 25.3 Å². The highest BCUT2D eigenvalue weighted by molar-refractivity contribution is 6.29. The molecule has 0 aromatic carbocycles. The van der Waals surface area contributed by atoms with E-state index in [9.17, 15) is 0 Å². The normalized spacial score (nSPS) is 17.7. The van der Waals surface area contributed by atoms with E-state index in [1.807, 2.05) is 6.92 Å². The number of ether oxygens (including phenoxy) is 1. The van der Waals surface area contributed by atoms with Crippen LogP contribution < -0.4 is 5.32 Å². The summed E-state index contributed by atoms with van der Waals surface area (Å²) in [6.07, 6.45) is 3.98. The van der Waals surface area contributed by atoms with Crippen molar-refractivity contribution in [2.24, 2.45) is 0 Å². The van der Waals surface area contributed by atoms with Crippen LogP contribution in [-0.4, -0.2) is 47.2 Å². The third-order valence-corrected chi connectivity index (χ3v) is 3.96. The van der Waals surface area contributed by atoms with E-state index in [0.29, 0.717) is 30.2 Å². The van der Waals surface area contributed by atoms with E-state index < -0.39 is 0 Å². The maximum Gasteiger partial charge on any atom is 0.158 e. The average molecular weight is 313 g/mol. The molecule has 6 heteroatoms. The Hall–Kier alpha value is -0.910. The van der Waals surface area contributed by atoms with Crippen LogP contribution in [0.1, 0.15) is 38.9 Å². The summed E-state index contributed by atoms with van der Waals surface area (Å²) in [4.78, 5) is 11.1. The predicted molar refractivity (Wildman–Crippen MR) is 85.7 cm³/mol. The Morgan fingerprint density at radius 3 is 2.81 bits per heavy atom. The summed E-state index contributed by atoms with van der Waals surface area (Å²) in [6.45, 7) is 8.50. The predicted octanol–water partition coefficient (Wildman–Crippen LogP) is 2.95. The number of nitrogens with one attached hydrogen (secondary N) is 1. The number of rotatable bonds is 7. The standard InChI is InChI=1S/C15H25ClN4O/c1-3-21-11-15-18-13(16)9-14(19-15)17-10-12(2)20-7-5-4-6-8-20/h9,12H,3-8,10-11H2,1-2H3,(H,17,18,19). The first kappa shape index (κ1) is 16.5. The zero-order valence-corrected chi connectivity index (χ0v) is 13.7. The van der Waals surface area contributed by atoms with Gasteiger partial charge in [-0.3, -0.25) is 4.90 Å². The molecule has 1 aromatic rings. The van der Waals surface area contributed by atoms with Crippen LogP contribution in [0.25, 0.3) is 0 Å². The molecule has 1 aliphatic heterocycles. The van der Waals surface area contributed by atoms with E-state index in [1.165, 1.54) is 32.4 Å². The lowest BCUT2D eigenvalue weighted by atomic mass is 10.1. The number of hydrogen-bond acceptors (Lipinski definition) is 5. The summed E-state index contributed by atoms with van der Waals surface area (Å²) in [7, 11) is 0. The number of halogens is 1. The molecule has 1 unspecified atom stereocenters. The molecule has 1 aliphatic rings. The quantitative estimate of drug-likeness (QED) is 0.784. The summed E-state index contributed by atoms with van der Waals surface area (Å²) in [5.74, 6) is 1.39. The van der Waals surface area contributed by atoms with Crippen LogP contribution in [0.5, 0.6) is 0 Å². The van der Waals surface area contributed by atoms with Crippen molar-refractivity contribution in [3.05, 3.63) is 17.0 Å². The summed E-state index contributed by atoms with van der Waals surface area (Å²) in [5, 5.41) is 3.82. The monoisotopic (exact) mass is 312 g/mol. The molecule has 0 spiro atoms. The second kappa shape index (κ2) is 8.51. The third kappa shape index (κ3) is 5.41. The van der Waals surface area contributed by atoms with E-state index >= 15 is 0 Å². The van der Waals surface area contributed by atoms with Gasteiger partial charge < -0.3 is 10.1 Å². The highest BCUT2D eigenvalue weighted by Crippen LogP contribution is 2.15. The van der Waals surface area contributed by atoms with Gasteiger partial charge in [0.2, 0.25) is 0 Å². The average Bonchev–Trinajstić information content (AvgIpc) is 2.51. The Labute approximate surface area is 132 Å². The molecule has 0 aliphatic carbocycles. The number of anilines is 1. The molecule has 1 aromatic heterocycles. The molecule has 1 saturated heterocycles. The van der Waals surface area contributed by atoms with Crippen molar-refractivity contribution < 1.29 is 4.74 Å². The van der Waals surface area contributed by atoms with Gasteiger partial charge in [-0.2, -0.15) is 0 Å². The van der Waals surface area contributed by atoms with Crippen LogP contribution in [0.3, 0.4) is 0 Å². The lowest BCUT2D eigenvalue weighted by Gasteiger charge is -2.32. The fourth-order valence-electron chi connectivity index (χ4n) is 2.55. The highest BCUT2D eigenvalue weighted by Gasteiger charge is 2.16. The molecule has 0 amide bonds. The zero-order valence-electron chi connectivity index (χ0n) is 12.9. The molecule has 0 saturated carbocycles. The first-order valence-corrected chi connectivity index (χ1v) is 8.16. The van der Waals surface area contributed by atoms with Crippen LogP contribution in [0, 0.1) is 0 Å². The molecule has 2 heterocycles. The Balaban J connectivity index is 1.87. The fourth-order valence-corrected chi connectivity index (χ4v) is 2.75. The van der Waals surface area contributed by atoms with Gasteiger partial charge in [0.25, 0.3) is 0 Å². The Bertz CT molecular complexity index is 438. The smallest absolute Gasteiger partial charge is 0.158 e. The van der Waals surface area contributed by atoms with Crippen LogP contribution in [-0.2, 0) is 11.3 Å². The van der Waals surface area contributed by atoms with Gasteiger partial charge >= 0.3 is 0 Å². The Kier molecular flexibility index (Phi) is 6.67. The van der Waals surface area contributed by atoms with Gasteiger partial charge in [0.1, 0.15) is 17.6 Å². The summed E-state index contributed by atoms with van der Waals surface area (Å²) in [6, 6.07) is 2.26. The maximum atomic E-state index is 6.04. The van der Waals surface area contributed by atoms with Gasteiger partial charge in [-0.1, -0.05) is 18.0 Å². The number of hydrogen-bond donors (Lipinski definition) is 1. The van der Waals surface area contributed by atoms with Crippen LogP contribution >= 0.6 is 11.6 Å². The lowest BCUT2D eigenvalue weighted by molar-refractivity contribution is 0.128. The van der Waals surface area contributed by atoms with E-state index in [1.54, 1.807) is 6.07 Å². The van der Waals surface area contributed by atoms with Crippen molar-refractivity contribution in [3.8, 4) is 0 Å². The third-order valence-electron chi connectivity index (χ3n) is 3.77. The second-order valence-corrected chi connectivity index (χ2v) is 5.84. The maximum absolute atomic E-state index is 6.04. The fraction of sp³-hybridized carbons (Fsp3) is 0.733. The summed E-state index contributed by atoms with van der Waals surface area (Å²) < 4.78 is 5.33. The topological polar surface area (TPSA) is 50.3 Å². The van der Waals surface area contributed by atoms with Gasteiger partial charge in [-0.05, 0) is 39.8 Å². The molecule has 1 N–H and O–H groups in total. The van der Waals surface area contributed by atoms with E-state index in [4.69, 9.17) is 16.3 Å². The van der Waals surface area contributed by atoms with E-state index in [2.05, 4.69) is 27.1 Å². The Morgan fingerprint density at radius 2 is 2.10 bits per heavy atom. The number of likely N-dealkylation sites (tertiary alicyclic amines) is 1. The molecule has 1 fully saturated rings. The Morgan fingerprint density at radius 1 is 1.33 bits per heavy atom. The van der Waals surface area contributed by atoms with Crippen molar-refractivity contribution in [1.29, 1.82) is 0 Å². The van der Waals surface area contributed by atoms with Crippen LogP contribution in [0.4, 0.5) is 5.82 Å². The highest BCUT2D eigenvalue weighted by atomic mass is 35.5. The zero-order chi connectivity index (χ0) is 15.1. The molecule has 5 nitrogen and oxygen atoms in total. The van der Waals surface area contributed by atoms with E-state index in [0.717, 1.165) is 12.4 Å². The minimum absolute atomic E-state index is 0.396. The van der Waals surface area contributed by atoms with Crippen LogP contribution in [0.15, 0.2) is 6.07 Å². The summed E-state index contributed by atoms with van der Waals surface area (Å²) >= 11 is 6.04. The van der Waals surface area contributed by atoms with Crippen molar-refractivity contribution in [3.63, 3.8) is 0 Å². The van der Waals surface area contributed by atoms with Gasteiger partial charge in [-0.15, -0.1) is 0 Å². The van der Waals surface area contributed by atoms with E-state index in [-0.39, 0.29) is 0 Å². The number of aromatic nitrogens is 2. The molecule has 1 atom stereocenters. The molecule has 118 valence electrons.